The van der Waals surface area contributed by atoms with Gasteiger partial charge in [-0.3, -0.25) is 4.79 Å². The third-order valence-corrected chi connectivity index (χ3v) is 4.16. The molecule has 0 aliphatic rings. The Hall–Kier alpha value is -1.42. The first kappa shape index (κ1) is 16.9. The van der Waals surface area contributed by atoms with Crippen LogP contribution in [0.25, 0.3) is 0 Å². The lowest BCUT2D eigenvalue weighted by Gasteiger charge is -2.22. The Balaban J connectivity index is 2.08. The van der Waals surface area contributed by atoms with Crippen molar-refractivity contribution in [2.75, 3.05) is 23.3 Å². The topological polar surface area (TPSA) is 32.3 Å². The van der Waals surface area contributed by atoms with Crippen molar-refractivity contribution in [1.29, 1.82) is 0 Å². The number of nitrogens with one attached hydrogen (secondary N) is 1. The van der Waals surface area contributed by atoms with Crippen molar-refractivity contribution in [3.05, 3.63) is 57.5 Å². The maximum absolute atomic E-state index is 12.2. The second kappa shape index (κ2) is 7.73. The maximum atomic E-state index is 12.2. The molecule has 0 bridgehead atoms. The van der Waals surface area contributed by atoms with E-state index in [0.717, 1.165) is 5.69 Å². The van der Waals surface area contributed by atoms with Crippen LogP contribution in [0.5, 0.6) is 0 Å². The molecular formula is C16H15Cl3N2O. The number of rotatable bonds is 5. The van der Waals surface area contributed by atoms with Crippen LogP contribution in [0.1, 0.15) is 6.92 Å². The second-order valence-corrected chi connectivity index (χ2v) is 5.87. The molecule has 0 aliphatic heterocycles. The highest BCUT2D eigenvalue weighted by Gasteiger charge is 2.13. The van der Waals surface area contributed by atoms with Gasteiger partial charge in [-0.05, 0) is 31.2 Å². The number of carbonyl (C=O) groups is 1. The summed E-state index contributed by atoms with van der Waals surface area (Å²) in [6.45, 7) is 2.93. The molecule has 0 spiro atoms. The van der Waals surface area contributed by atoms with Crippen LogP contribution in [0.15, 0.2) is 42.5 Å². The highest BCUT2D eigenvalue weighted by atomic mass is 35.5. The molecule has 0 atom stereocenters. The van der Waals surface area contributed by atoms with Crippen molar-refractivity contribution in [3.63, 3.8) is 0 Å². The average molecular weight is 358 g/mol. The molecular weight excluding hydrogens is 343 g/mol. The number of hydrogen-bond acceptors (Lipinski definition) is 2. The van der Waals surface area contributed by atoms with Gasteiger partial charge in [0.05, 0.1) is 27.3 Å². The molecule has 0 saturated carbocycles. The van der Waals surface area contributed by atoms with E-state index in [4.69, 9.17) is 34.8 Å². The lowest BCUT2D eigenvalue weighted by molar-refractivity contribution is -0.115. The fourth-order valence-corrected chi connectivity index (χ4v) is 2.60. The molecule has 0 saturated heterocycles. The molecule has 0 radical (unpaired) electrons. The number of likely N-dealkylation sites (N-methyl/N-ethyl adjacent to an activating group) is 1. The van der Waals surface area contributed by atoms with E-state index in [9.17, 15) is 4.79 Å². The largest absolute Gasteiger partial charge is 0.362 e. The SMILES string of the molecule is CCN(CC(=O)Nc1cc(Cl)c(Cl)cc1Cl)c1ccccc1. The van der Waals surface area contributed by atoms with Crippen LogP contribution in [0.3, 0.4) is 0 Å². The summed E-state index contributed by atoms with van der Waals surface area (Å²) < 4.78 is 0. The number of anilines is 2. The van der Waals surface area contributed by atoms with Gasteiger partial charge in [0.25, 0.3) is 0 Å². The Morgan fingerprint density at radius 2 is 1.68 bits per heavy atom. The summed E-state index contributed by atoms with van der Waals surface area (Å²) in [5.41, 5.74) is 1.44. The minimum Gasteiger partial charge on any atom is -0.362 e. The maximum Gasteiger partial charge on any atom is 0.243 e. The number of amides is 1. The Bertz CT molecular complexity index is 662. The molecule has 0 aromatic heterocycles. The van der Waals surface area contributed by atoms with Gasteiger partial charge in [0, 0.05) is 12.2 Å². The van der Waals surface area contributed by atoms with Crippen molar-refractivity contribution < 1.29 is 4.79 Å². The quantitative estimate of drug-likeness (QED) is 0.754. The van der Waals surface area contributed by atoms with Gasteiger partial charge < -0.3 is 10.2 Å². The monoisotopic (exact) mass is 356 g/mol. The summed E-state index contributed by atoms with van der Waals surface area (Å²) in [4.78, 5) is 14.2. The molecule has 6 heteroatoms. The molecule has 1 amide bonds. The fraction of sp³-hybridized carbons (Fsp3) is 0.188. The van der Waals surface area contributed by atoms with E-state index in [-0.39, 0.29) is 12.5 Å². The molecule has 2 rings (SSSR count). The van der Waals surface area contributed by atoms with E-state index in [0.29, 0.717) is 27.3 Å². The van der Waals surface area contributed by atoms with Crippen LogP contribution in [0.2, 0.25) is 15.1 Å². The highest BCUT2D eigenvalue weighted by molar-refractivity contribution is 6.44. The van der Waals surface area contributed by atoms with E-state index in [1.807, 2.05) is 42.2 Å². The standard InChI is InChI=1S/C16H15Cl3N2O/c1-2-21(11-6-4-3-5-7-11)10-16(22)20-15-9-13(18)12(17)8-14(15)19/h3-9H,2,10H2,1H3,(H,20,22). The zero-order valence-electron chi connectivity index (χ0n) is 11.9. The van der Waals surface area contributed by atoms with Gasteiger partial charge in [0.15, 0.2) is 0 Å². The molecule has 3 nitrogen and oxygen atoms in total. The van der Waals surface area contributed by atoms with E-state index in [2.05, 4.69) is 5.32 Å². The van der Waals surface area contributed by atoms with Crippen molar-refractivity contribution in [1.82, 2.24) is 0 Å². The fourth-order valence-electron chi connectivity index (χ4n) is 2.01. The number of nitrogens with zero attached hydrogens (tertiary/aromatic N) is 1. The molecule has 2 aromatic carbocycles. The van der Waals surface area contributed by atoms with Crippen LogP contribution in [0.4, 0.5) is 11.4 Å². The number of carbonyl (C=O) groups excluding carboxylic acids is 1. The van der Waals surface area contributed by atoms with Gasteiger partial charge in [0.1, 0.15) is 0 Å². The van der Waals surface area contributed by atoms with Gasteiger partial charge >= 0.3 is 0 Å². The molecule has 22 heavy (non-hydrogen) atoms. The lowest BCUT2D eigenvalue weighted by atomic mass is 10.2. The summed E-state index contributed by atoms with van der Waals surface area (Å²) in [6.07, 6.45) is 0. The van der Waals surface area contributed by atoms with E-state index < -0.39 is 0 Å². The third-order valence-electron chi connectivity index (χ3n) is 3.12. The Morgan fingerprint density at radius 3 is 2.32 bits per heavy atom. The van der Waals surface area contributed by atoms with Gasteiger partial charge in [-0.15, -0.1) is 0 Å². The highest BCUT2D eigenvalue weighted by Crippen LogP contribution is 2.32. The first-order valence-corrected chi connectivity index (χ1v) is 7.89. The molecule has 116 valence electrons. The van der Waals surface area contributed by atoms with Crippen LogP contribution in [-0.4, -0.2) is 19.0 Å². The van der Waals surface area contributed by atoms with Gasteiger partial charge in [0.2, 0.25) is 5.91 Å². The summed E-state index contributed by atoms with van der Waals surface area (Å²) in [6, 6.07) is 12.8. The number of para-hydroxylation sites is 1. The molecule has 0 heterocycles. The van der Waals surface area contributed by atoms with Crippen LogP contribution < -0.4 is 10.2 Å². The van der Waals surface area contributed by atoms with Crippen LogP contribution in [-0.2, 0) is 4.79 Å². The van der Waals surface area contributed by atoms with Gasteiger partial charge in [-0.25, -0.2) is 0 Å². The smallest absolute Gasteiger partial charge is 0.243 e. The summed E-state index contributed by atoms with van der Waals surface area (Å²) in [5.74, 6) is -0.175. The average Bonchev–Trinajstić information content (AvgIpc) is 2.51. The zero-order chi connectivity index (χ0) is 16.1. The number of halogens is 3. The van der Waals surface area contributed by atoms with E-state index >= 15 is 0 Å². The number of hydrogen-bond donors (Lipinski definition) is 1. The predicted molar refractivity (Wildman–Crippen MR) is 94.4 cm³/mol. The first-order chi connectivity index (χ1) is 10.5. The normalized spacial score (nSPS) is 10.4. The van der Waals surface area contributed by atoms with E-state index in [1.54, 1.807) is 6.07 Å². The summed E-state index contributed by atoms with van der Waals surface area (Å²) in [5, 5.41) is 3.80. The Morgan fingerprint density at radius 1 is 1.05 bits per heavy atom. The van der Waals surface area contributed by atoms with Crippen molar-refractivity contribution in [2.24, 2.45) is 0 Å². The van der Waals surface area contributed by atoms with Crippen LogP contribution in [0, 0.1) is 0 Å². The predicted octanol–water partition coefficient (Wildman–Crippen LogP) is 5.11. The lowest BCUT2D eigenvalue weighted by Crippen LogP contribution is -2.33. The second-order valence-electron chi connectivity index (χ2n) is 4.64. The number of benzene rings is 2. The van der Waals surface area contributed by atoms with E-state index in [1.165, 1.54) is 6.07 Å². The molecule has 2 aromatic rings. The molecule has 0 unspecified atom stereocenters. The Kier molecular flexibility index (Phi) is 5.95. The Labute approximate surface area is 144 Å². The van der Waals surface area contributed by atoms with Crippen LogP contribution >= 0.6 is 34.8 Å². The van der Waals surface area contributed by atoms with Crippen molar-refractivity contribution >= 4 is 52.1 Å². The minimum absolute atomic E-state index is 0.175. The zero-order valence-corrected chi connectivity index (χ0v) is 14.2. The minimum atomic E-state index is -0.175. The van der Waals surface area contributed by atoms with Gasteiger partial charge in [-0.1, -0.05) is 53.0 Å². The summed E-state index contributed by atoms with van der Waals surface area (Å²) in [7, 11) is 0. The molecule has 0 aliphatic carbocycles. The summed E-state index contributed by atoms with van der Waals surface area (Å²) >= 11 is 17.9. The molecule has 1 N–H and O–H groups in total. The molecule has 0 fully saturated rings. The van der Waals surface area contributed by atoms with Crippen molar-refractivity contribution in [3.8, 4) is 0 Å². The van der Waals surface area contributed by atoms with Gasteiger partial charge in [-0.2, -0.15) is 0 Å². The third kappa shape index (κ3) is 4.29. The first-order valence-electron chi connectivity index (χ1n) is 6.75. The van der Waals surface area contributed by atoms with Crippen molar-refractivity contribution in [2.45, 2.75) is 6.92 Å².